The molecule has 2 aliphatic rings. The average molecular weight is 472 g/mol. The summed E-state index contributed by atoms with van der Waals surface area (Å²) in [6.07, 6.45) is 4.15. The number of guanidine groups is 1. The van der Waals surface area contributed by atoms with E-state index in [1.54, 1.807) is 7.05 Å². The van der Waals surface area contributed by atoms with Crippen molar-refractivity contribution >= 4 is 41.5 Å². The lowest BCUT2D eigenvalue weighted by Gasteiger charge is -2.22. The molecule has 0 aliphatic carbocycles. The molecule has 6 nitrogen and oxygen atoms in total. The number of hydrogen-bond donors (Lipinski definition) is 3. The Bertz CT molecular complexity index is 633. The van der Waals surface area contributed by atoms with Gasteiger partial charge in [0.05, 0.1) is 18.2 Å². The molecule has 3 unspecified atom stereocenters. The molecule has 26 heavy (non-hydrogen) atoms. The minimum atomic E-state index is -0.0226. The van der Waals surface area contributed by atoms with Crippen LogP contribution in [0.4, 0.5) is 5.69 Å². The van der Waals surface area contributed by atoms with Crippen LogP contribution in [0.3, 0.4) is 0 Å². The lowest BCUT2D eigenvalue weighted by molar-refractivity contribution is -0.118. The van der Waals surface area contributed by atoms with Crippen LogP contribution in [0, 0.1) is 5.92 Å². The SMILES string of the molecule is CN=C(NCc1ccc(NC(=O)C(C)C)cc1)NC1CC2CCC1O2.I. The highest BCUT2D eigenvalue weighted by Gasteiger charge is 2.41. The van der Waals surface area contributed by atoms with E-state index in [2.05, 4.69) is 20.9 Å². The summed E-state index contributed by atoms with van der Waals surface area (Å²) in [4.78, 5) is 16.0. The summed E-state index contributed by atoms with van der Waals surface area (Å²) in [6.45, 7) is 4.45. The zero-order valence-electron chi connectivity index (χ0n) is 15.6. The Hall–Kier alpha value is -1.35. The number of hydrogen-bond acceptors (Lipinski definition) is 3. The van der Waals surface area contributed by atoms with Crippen molar-refractivity contribution in [1.29, 1.82) is 0 Å². The first kappa shape index (κ1) is 21.0. The number of aliphatic imine (C=N–C) groups is 1. The summed E-state index contributed by atoms with van der Waals surface area (Å²) >= 11 is 0. The van der Waals surface area contributed by atoms with Crippen molar-refractivity contribution in [3.8, 4) is 0 Å². The summed E-state index contributed by atoms with van der Waals surface area (Å²) in [5, 5.41) is 9.72. The first-order valence-corrected chi connectivity index (χ1v) is 9.07. The second-order valence-corrected chi connectivity index (χ2v) is 7.13. The summed E-state index contributed by atoms with van der Waals surface area (Å²) in [7, 11) is 1.79. The maximum atomic E-state index is 11.7. The Balaban J connectivity index is 0.00000243. The van der Waals surface area contributed by atoms with Crippen LogP contribution in [-0.4, -0.2) is 37.2 Å². The van der Waals surface area contributed by atoms with Gasteiger partial charge in [0.15, 0.2) is 5.96 Å². The van der Waals surface area contributed by atoms with Crippen molar-refractivity contribution in [2.75, 3.05) is 12.4 Å². The molecule has 2 aliphatic heterocycles. The molecule has 3 N–H and O–H groups in total. The Labute approximate surface area is 172 Å². The van der Waals surface area contributed by atoms with Crippen LogP contribution in [0.2, 0.25) is 0 Å². The fraction of sp³-hybridized carbons (Fsp3) is 0.579. The maximum absolute atomic E-state index is 11.7. The standard InChI is InChI=1S/C19H28N4O2.HI/c1-12(2)18(24)22-14-6-4-13(5-7-14)11-21-19(20-3)23-16-10-15-8-9-17(16)25-15;/h4-7,12,15-17H,8-11H2,1-3H3,(H,22,24)(H2,20,21,23);1H. The Morgan fingerprint density at radius 3 is 2.54 bits per heavy atom. The molecule has 1 aromatic rings. The van der Waals surface area contributed by atoms with Gasteiger partial charge in [-0.2, -0.15) is 0 Å². The van der Waals surface area contributed by atoms with E-state index < -0.39 is 0 Å². The molecule has 0 radical (unpaired) electrons. The molecule has 2 bridgehead atoms. The number of carbonyl (C=O) groups excluding carboxylic acids is 1. The highest BCUT2D eigenvalue weighted by molar-refractivity contribution is 14.0. The molecule has 2 fully saturated rings. The van der Waals surface area contributed by atoms with Gasteiger partial charge in [-0.15, -0.1) is 24.0 Å². The summed E-state index contributed by atoms with van der Waals surface area (Å²) in [5.74, 6) is 0.812. The Kier molecular flexibility index (Phi) is 7.69. The van der Waals surface area contributed by atoms with E-state index in [1.165, 1.54) is 6.42 Å². The van der Waals surface area contributed by atoms with Crippen molar-refractivity contribution in [3.63, 3.8) is 0 Å². The number of ether oxygens (including phenoxy) is 1. The van der Waals surface area contributed by atoms with Crippen LogP contribution in [-0.2, 0) is 16.1 Å². The quantitative estimate of drug-likeness (QED) is 0.350. The molecule has 3 rings (SSSR count). The molecule has 3 atom stereocenters. The minimum absolute atomic E-state index is 0. The van der Waals surface area contributed by atoms with Gasteiger partial charge >= 0.3 is 0 Å². The lowest BCUT2D eigenvalue weighted by Crippen LogP contribution is -2.47. The van der Waals surface area contributed by atoms with Crippen molar-refractivity contribution in [3.05, 3.63) is 29.8 Å². The largest absolute Gasteiger partial charge is 0.373 e. The maximum Gasteiger partial charge on any atom is 0.226 e. The molecule has 0 spiro atoms. The third-order valence-corrected chi connectivity index (χ3v) is 4.86. The molecule has 144 valence electrons. The normalized spacial score (nSPS) is 24.3. The number of benzene rings is 1. The zero-order chi connectivity index (χ0) is 17.8. The summed E-state index contributed by atoms with van der Waals surface area (Å²) in [6, 6.07) is 8.24. The van der Waals surface area contributed by atoms with Gasteiger partial charge in [0, 0.05) is 25.2 Å². The van der Waals surface area contributed by atoms with Gasteiger partial charge in [0.2, 0.25) is 5.91 Å². The number of nitrogens with one attached hydrogen (secondary N) is 3. The minimum Gasteiger partial charge on any atom is -0.373 e. The fourth-order valence-electron chi connectivity index (χ4n) is 3.34. The van der Waals surface area contributed by atoms with Crippen LogP contribution < -0.4 is 16.0 Å². The van der Waals surface area contributed by atoms with Gasteiger partial charge in [0.25, 0.3) is 0 Å². The molecule has 0 aromatic heterocycles. The van der Waals surface area contributed by atoms with Crippen molar-refractivity contribution in [2.45, 2.75) is 57.9 Å². The van der Waals surface area contributed by atoms with Crippen LogP contribution in [0.15, 0.2) is 29.3 Å². The highest BCUT2D eigenvalue weighted by Crippen LogP contribution is 2.34. The van der Waals surface area contributed by atoms with Gasteiger partial charge in [0.1, 0.15) is 0 Å². The predicted octanol–water partition coefficient (Wildman–Crippen LogP) is 2.88. The van der Waals surface area contributed by atoms with Crippen LogP contribution >= 0.6 is 24.0 Å². The third-order valence-electron chi connectivity index (χ3n) is 4.86. The van der Waals surface area contributed by atoms with Crippen molar-refractivity contribution in [2.24, 2.45) is 10.9 Å². The number of halogens is 1. The number of amides is 1. The number of anilines is 1. The van der Waals surface area contributed by atoms with E-state index in [1.807, 2.05) is 38.1 Å². The Morgan fingerprint density at radius 2 is 2.00 bits per heavy atom. The first-order chi connectivity index (χ1) is 12.0. The molecule has 7 heteroatoms. The van der Waals surface area contributed by atoms with E-state index in [0.29, 0.717) is 24.8 Å². The number of carbonyl (C=O) groups is 1. The topological polar surface area (TPSA) is 74.8 Å². The van der Waals surface area contributed by atoms with E-state index in [0.717, 1.165) is 30.1 Å². The van der Waals surface area contributed by atoms with Crippen LogP contribution in [0.25, 0.3) is 0 Å². The van der Waals surface area contributed by atoms with Gasteiger partial charge in [-0.05, 0) is 37.0 Å². The smallest absolute Gasteiger partial charge is 0.226 e. The van der Waals surface area contributed by atoms with Gasteiger partial charge in [-0.3, -0.25) is 9.79 Å². The van der Waals surface area contributed by atoms with Crippen LogP contribution in [0.5, 0.6) is 0 Å². The molecule has 0 saturated carbocycles. The van der Waals surface area contributed by atoms with E-state index in [4.69, 9.17) is 4.74 Å². The van der Waals surface area contributed by atoms with Crippen molar-refractivity contribution in [1.82, 2.24) is 10.6 Å². The number of rotatable bonds is 5. The lowest BCUT2D eigenvalue weighted by atomic mass is 9.96. The summed E-state index contributed by atoms with van der Waals surface area (Å²) in [5.41, 5.74) is 1.96. The fourth-order valence-corrected chi connectivity index (χ4v) is 3.34. The van der Waals surface area contributed by atoms with Gasteiger partial charge in [-0.25, -0.2) is 0 Å². The van der Waals surface area contributed by atoms with Crippen molar-refractivity contribution < 1.29 is 9.53 Å². The molecule has 1 amide bonds. The molecular formula is C19H29IN4O2. The average Bonchev–Trinajstić information content (AvgIpc) is 3.22. The molecule has 1 aromatic carbocycles. The molecule has 2 heterocycles. The predicted molar refractivity (Wildman–Crippen MR) is 115 cm³/mol. The zero-order valence-corrected chi connectivity index (χ0v) is 17.9. The van der Waals surface area contributed by atoms with Crippen LogP contribution in [0.1, 0.15) is 38.7 Å². The van der Waals surface area contributed by atoms with Gasteiger partial charge < -0.3 is 20.7 Å². The van der Waals surface area contributed by atoms with E-state index >= 15 is 0 Å². The summed E-state index contributed by atoms with van der Waals surface area (Å²) < 4.78 is 5.87. The number of fused-ring (bicyclic) bond motifs is 2. The second-order valence-electron chi connectivity index (χ2n) is 7.13. The first-order valence-electron chi connectivity index (χ1n) is 9.07. The Morgan fingerprint density at radius 1 is 1.27 bits per heavy atom. The molecular weight excluding hydrogens is 443 g/mol. The monoisotopic (exact) mass is 472 g/mol. The second kappa shape index (κ2) is 9.55. The van der Waals surface area contributed by atoms with E-state index in [-0.39, 0.29) is 35.8 Å². The van der Waals surface area contributed by atoms with Gasteiger partial charge in [-0.1, -0.05) is 26.0 Å². The number of nitrogens with zero attached hydrogens (tertiary/aromatic N) is 1. The highest BCUT2D eigenvalue weighted by atomic mass is 127. The van der Waals surface area contributed by atoms with E-state index in [9.17, 15) is 4.79 Å². The third kappa shape index (κ3) is 5.33. The molecule has 2 saturated heterocycles.